The first kappa shape index (κ1) is 14.2. The van der Waals surface area contributed by atoms with E-state index in [4.69, 9.17) is 11.6 Å². The molecule has 1 N–H and O–H groups in total. The van der Waals surface area contributed by atoms with E-state index in [0.29, 0.717) is 12.1 Å². The minimum atomic E-state index is 0.487. The number of benzene rings is 1. The largest absolute Gasteiger partial charge is 0.315 e. The van der Waals surface area contributed by atoms with Gasteiger partial charge in [-0.05, 0) is 38.2 Å². The summed E-state index contributed by atoms with van der Waals surface area (Å²) in [6.45, 7) is 1.18. The van der Waals surface area contributed by atoms with Crippen LogP contribution < -0.4 is 5.32 Å². The quantitative estimate of drug-likeness (QED) is 0.915. The molecule has 2 unspecified atom stereocenters. The van der Waals surface area contributed by atoms with Crippen LogP contribution in [0.25, 0.3) is 0 Å². The van der Waals surface area contributed by atoms with Crippen LogP contribution >= 0.6 is 23.4 Å². The van der Waals surface area contributed by atoms with Crippen LogP contribution in [-0.4, -0.2) is 49.1 Å². The third-order valence-corrected chi connectivity index (χ3v) is 4.91. The topological polar surface area (TPSA) is 15.3 Å². The minimum Gasteiger partial charge on any atom is -0.315 e. The second-order valence-corrected chi connectivity index (χ2v) is 6.44. The summed E-state index contributed by atoms with van der Waals surface area (Å²) < 4.78 is 0. The smallest absolute Gasteiger partial charge is 0.0408 e. The van der Waals surface area contributed by atoms with Gasteiger partial charge < -0.3 is 10.2 Å². The van der Waals surface area contributed by atoms with Gasteiger partial charge in [-0.3, -0.25) is 0 Å². The molecule has 2 atom stereocenters. The number of hydrogen-bond acceptors (Lipinski definition) is 3. The Hall–Kier alpha value is -0.220. The fourth-order valence-corrected chi connectivity index (χ4v) is 4.00. The van der Waals surface area contributed by atoms with Gasteiger partial charge in [-0.2, -0.15) is 11.8 Å². The van der Waals surface area contributed by atoms with Crippen LogP contribution in [0.15, 0.2) is 24.3 Å². The molecule has 100 valence electrons. The fourth-order valence-electron chi connectivity index (χ4n) is 2.48. The molecule has 0 amide bonds. The molecule has 1 aromatic carbocycles. The second-order valence-electron chi connectivity index (χ2n) is 4.85. The molecule has 1 fully saturated rings. The Bertz CT molecular complexity index is 386. The summed E-state index contributed by atoms with van der Waals surface area (Å²) >= 11 is 8.11. The van der Waals surface area contributed by atoms with Crippen molar-refractivity contribution < 1.29 is 0 Å². The lowest BCUT2D eigenvalue weighted by atomic mass is 9.99. The second kappa shape index (κ2) is 6.80. The molecule has 0 bridgehead atoms. The Morgan fingerprint density at radius 3 is 3.06 bits per heavy atom. The van der Waals surface area contributed by atoms with E-state index in [1.807, 2.05) is 12.1 Å². The van der Waals surface area contributed by atoms with E-state index in [-0.39, 0.29) is 0 Å². The summed E-state index contributed by atoms with van der Waals surface area (Å²) in [5.41, 5.74) is 1.31. The van der Waals surface area contributed by atoms with E-state index < -0.39 is 0 Å². The van der Waals surface area contributed by atoms with Gasteiger partial charge in [0.05, 0.1) is 0 Å². The van der Waals surface area contributed by atoms with E-state index in [0.717, 1.165) is 11.4 Å². The van der Waals surface area contributed by atoms with Crippen LogP contribution in [0.5, 0.6) is 0 Å². The zero-order valence-electron chi connectivity index (χ0n) is 11.0. The number of likely N-dealkylation sites (N-methyl/N-ethyl adjacent to an activating group) is 2. The predicted octanol–water partition coefficient (Wildman–Crippen LogP) is 2.52. The number of rotatable bonds is 4. The lowest BCUT2D eigenvalue weighted by molar-refractivity contribution is 0.219. The highest BCUT2D eigenvalue weighted by Crippen LogP contribution is 2.20. The number of nitrogens with one attached hydrogen (secondary N) is 1. The van der Waals surface area contributed by atoms with Crippen LogP contribution in [0.4, 0.5) is 0 Å². The van der Waals surface area contributed by atoms with Crippen LogP contribution in [-0.2, 0) is 6.42 Å². The lowest BCUT2D eigenvalue weighted by Gasteiger charge is -2.37. The van der Waals surface area contributed by atoms with Crippen molar-refractivity contribution in [2.45, 2.75) is 18.5 Å². The first-order valence-electron chi connectivity index (χ1n) is 6.40. The third-order valence-electron chi connectivity index (χ3n) is 3.62. The minimum absolute atomic E-state index is 0.487. The average molecular weight is 285 g/mol. The molecule has 1 aliphatic rings. The van der Waals surface area contributed by atoms with Crippen LogP contribution in [0, 0.1) is 0 Å². The summed E-state index contributed by atoms with van der Waals surface area (Å²) in [4.78, 5) is 2.47. The van der Waals surface area contributed by atoms with Crippen molar-refractivity contribution in [1.29, 1.82) is 0 Å². The summed E-state index contributed by atoms with van der Waals surface area (Å²) in [6.07, 6.45) is 1.03. The average Bonchev–Trinajstić information content (AvgIpc) is 2.37. The maximum atomic E-state index is 6.05. The van der Waals surface area contributed by atoms with Crippen LogP contribution in [0.1, 0.15) is 5.56 Å². The SMILES string of the molecule is CNC(Cc1cccc(Cl)c1)C1CSCCN1C. The number of hydrogen-bond donors (Lipinski definition) is 1. The highest BCUT2D eigenvalue weighted by molar-refractivity contribution is 7.99. The molecule has 18 heavy (non-hydrogen) atoms. The monoisotopic (exact) mass is 284 g/mol. The maximum Gasteiger partial charge on any atom is 0.0408 e. The highest BCUT2D eigenvalue weighted by Gasteiger charge is 2.26. The molecule has 0 radical (unpaired) electrons. The van der Waals surface area contributed by atoms with Crippen molar-refractivity contribution >= 4 is 23.4 Å². The molecule has 2 rings (SSSR count). The Morgan fingerprint density at radius 2 is 2.39 bits per heavy atom. The van der Waals surface area contributed by atoms with Crippen molar-refractivity contribution in [3.8, 4) is 0 Å². The Balaban J connectivity index is 2.04. The molecule has 0 saturated carbocycles. The number of thioether (sulfide) groups is 1. The van der Waals surface area contributed by atoms with Gasteiger partial charge in [-0.15, -0.1) is 0 Å². The van der Waals surface area contributed by atoms with Gasteiger partial charge >= 0.3 is 0 Å². The van der Waals surface area contributed by atoms with E-state index in [2.05, 4.69) is 48.2 Å². The highest BCUT2D eigenvalue weighted by atomic mass is 35.5. The molecule has 0 aromatic heterocycles. The Labute approximate surface area is 119 Å². The fraction of sp³-hybridized carbons (Fsp3) is 0.571. The van der Waals surface area contributed by atoms with E-state index in [9.17, 15) is 0 Å². The Kier molecular flexibility index (Phi) is 5.37. The van der Waals surface area contributed by atoms with Crippen molar-refractivity contribution in [2.75, 3.05) is 32.1 Å². The zero-order chi connectivity index (χ0) is 13.0. The predicted molar refractivity (Wildman–Crippen MR) is 81.7 cm³/mol. The van der Waals surface area contributed by atoms with Crippen LogP contribution in [0.3, 0.4) is 0 Å². The molecule has 1 saturated heterocycles. The number of nitrogens with zero attached hydrogens (tertiary/aromatic N) is 1. The third kappa shape index (κ3) is 3.64. The first-order chi connectivity index (χ1) is 8.70. The van der Waals surface area contributed by atoms with Crippen molar-refractivity contribution in [3.63, 3.8) is 0 Å². The molecule has 1 aliphatic heterocycles. The van der Waals surface area contributed by atoms with Gasteiger partial charge in [-0.1, -0.05) is 23.7 Å². The van der Waals surface area contributed by atoms with Gasteiger partial charge in [-0.25, -0.2) is 0 Å². The normalized spacial score (nSPS) is 22.9. The van der Waals surface area contributed by atoms with Crippen molar-refractivity contribution in [1.82, 2.24) is 10.2 Å². The molecule has 1 heterocycles. The van der Waals surface area contributed by atoms with Gasteiger partial charge in [0.25, 0.3) is 0 Å². The van der Waals surface area contributed by atoms with Gasteiger partial charge in [0.15, 0.2) is 0 Å². The molecule has 0 aliphatic carbocycles. The summed E-state index contributed by atoms with van der Waals surface area (Å²) in [5, 5.41) is 4.30. The summed E-state index contributed by atoms with van der Waals surface area (Å²) in [5.74, 6) is 2.46. The van der Waals surface area contributed by atoms with Crippen molar-refractivity contribution in [2.24, 2.45) is 0 Å². The van der Waals surface area contributed by atoms with Gasteiger partial charge in [0.1, 0.15) is 0 Å². The molecule has 2 nitrogen and oxygen atoms in total. The number of halogens is 1. The van der Waals surface area contributed by atoms with Crippen LogP contribution in [0.2, 0.25) is 5.02 Å². The summed E-state index contributed by atoms with van der Waals surface area (Å²) in [6, 6.07) is 9.29. The Morgan fingerprint density at radius 1 is 1.56 bits per heavy atom. The molecular weight excluding hydrogens is 264 g/mol. The van der Waals surface area contributed by atoms with E-state index >= 15 is 0 Å². The first-order valence-corrected chi connectivity index (χ1v) is 7.93. The molecule has 0 spiro atoms. The molecule has 4 heteroatoms. The standard InChI is InChI=1S/C14H21ClN2S/c1-16-13(14-10-18-7-6-17(14)2)9-11-4-3-5-12(15)8-11/h3-5,8,13-14,16H,6-7,9-10H2,1-2H3. The molecular formula is C14H21ClN2S. The maximum absolute atomic E-state index is 6.05. The lowest BCUT2D eigenvalue weighted by Crippen LogP contribution is -2.52. The molecule has 1 aromatic rings. The zero-order valence-corrected chi connectivity index (χ0v) is 12.6. The van der Waals surface area contributed by atoms with E-state index in [1.54, 1.807) is 0 Å². The summed E-state index contributed by atoms with van der Waals surface area (Å²) in [7, 11) is 4.29. The van der Waals surface area contributed by atoms with Gasteiger partial charge in [0, 0.05) is 35.2 Å². The van der Waals surface area contributed by atoms with Gasteiger partial charge in [0.2, 0.25) is 0 Å². The van der Waals surface area contributed by atoms with Crippen molar-refractivity contribution in [3.05, 3.63) is 34.9 Å². The van der Waals surface area contributed by atoms with E-state index in [1.165, 1.54) is 23.6 Å².